The van der Waals surface area contributed by atoms with E-state index < -0.39 is 0 Å². The van der Waals surface area contributed by atoms with Gasteiger partial charge in [-0.2, -0.15) is 0 Å². The fraction of sp³-hybridized carbons (Fsp3) is 0.281. The molecular weight excluding hydrogens is 510 g/mol. The Morgan fingerprint density at radius 1 is 0.795 bits per heavy atom. The Morgan fingerprint density at radius 3 is 2.28 bits per heavy atom. The maximum Gasteiger partial charge on any atom is 0.319 e. The maximum atomic E-state index is 12.6. The van der Waals surface area contributed by atoms with Crippen molar-refractivity contribution in [2.75, 3.05) is 31.6 Å². The van der Waals surface area contributed by atoms with Gasteiger partial charge in [-0.3, -0.25) is 4.90 Å². The second-order valence-corrected chi connectivity index (χ2v) is 10.2. The molecule has 0 saturated carbocycles. The number of amides is 2. The van der Waals surface area contributed by atoms with Crippen LogP contribution in [-0.2, 0) is 13.2 Å². The van der Waals surface area contributed by atoms with Crippen LogP contribution in [0, 0.1) is 0 Å². The van der Waals surface area contributed by atoms with E-state index in [-0.39, 0.29) is 6.03 Å². The minimum absolute atomic E-state index is 0.276. The zero-order valence-electron chi connectivity index (χ0n) is 22.0. The number of carbonyl (C=O) groups excluding carboxylic acids is 1. The van der Waals surface area contributed by atoms with E-state index in [4.69, 9.17) is 21.1 Å². The standard InChI is InChI=1S/C32H34ClN3O3/c33-26-12-8-24(9-13-26)22-34-32(37)35-30-16-17-31(29-7-3-2-6-28(29)30)39-23-25-10-14-27(15-11-25)38-21-20-36-18-4-1-5-19-36/h2-3,6-17H,1,4-5,18-23H2,(H2,34,35,37). The number of nitrogens with one attached hydrogen (secondary N) is 2. The summed E-state index contributed by atoms with van der Waals surface area (Å²) in [6.45, 7) is 4.90. The number of carbonyl (C=O) groups is 1. The quantitative estimate of drug-likeness (QED) is 0.221. The lowest BCUT2D eigenvalue weighted by Crippen LogP contribution is -2.33. The van der Waals surface area contributed by atoms with E-state index in [1.807, 2.05) is 84.9 Å². The monoisotopic (exact) mass is 543 g/mol. The van der Waals surface area contributed by atoms with Gasteiger partial charge in [0, 0.05) is 28.9 Å². The van der Waals surface area contributed by atoms with Crippen LogP contribution in [0.25, 0.3) is 10.8 Å². The van der Waals surface area contributed by atoms with E-state index in [1.54, 1.807) is 0 Å². The third kappa shape index (κ3) is 7.65. The lowest BCUT2D eigenvalue weighted by atomic mass is 10.1. The summed E-state index contributed by atoms with van der Waals surface area (Å²) in [5.41, 5.74) is 2.75. The number of hydrogen-bond donors (Lipinski definition) is 2. The number of anilines is 1. The SMILES string of the molecule is O=C(NCc1ccc(Cl)cc1)Nc1ccc(OCc2ccc(OCCN3CCCCC3)cc2)c2ccccc12. The zero-order valence-corrected chi connectivity index (χ0v) is 22.8. The maximum absolute atomic E-state index is 12.6. The molecule has 2 N–H and O–H groups in total. The molecule has 1 fully saturated rings. The van der Waals surface area contributed by atoms with E-state index >= 15 is 0 Å². The number of hydrogen-bond acceptors (Lipinski definition) is 4. The van der Waals surface area contributed by atoms with Crippen LogP contribution in [0.1, 0.15) is 30.4 Å². The van der Waals surface area contributed by atoms with Gasteiger partial charge in [0.25, 0.3) is 0 Å². The van der Waals surface area contributed by atoms with Crippen molar-refractivity contribution in [3.8, 4) is 11.5 Å². The number of likely N-dealkylation sites (tertiary alicyclic amines) is 1. The number of fused-ring (bicyclic) bond motifs is 1. The van der Waals surface area contributed by atoms with E-state index in [9.17, 15) is 4.79 Å². The molecule has 0 atom stereocenters. The summed E-state index contributed by atoms with van der Waals surface area (Å²) >= 11 is 5.94. The van der Waals surface area contributed by atoms with Gasteiger partial charge in [-0.1, -0.05) is 66.6 Å². The largest absolute Gasteiger partial charge is 0.492 e. The first-order valence-corrected chi connectivity index (χ1v) is 13.9. The van der Waals surface area contributed by atoms with E-state index in [0.717, 1.165) is 45.6 Å². The summed E-state index contributed by atoms with van der Waals surface area (Å²) in [7, 11) is 0. The fourth-order valence-electron chi connectivity index (χ4n) is 4.78. The van der Waals surface area contributed by atoms with Crippen LogP contribution in [0.15, 0.2) is 84.9 Å². The van der Waals surface area contributed by atoms with Crippen molar-refractivity contribution >= 4 is 34.1 Å². The molecule has 0 aliphatic carbocycles. The van der Waals surface area contributed by atoms with Gasteiger partial charge in [-0.05, 0) is 73.5 Å². The topological polar surface area (TPSA) is 62.8 Å². The predicted octanol–water partition coefficient (Wildman–Crippen LogP) is 7.26. The summed E-state index contributed by atoms with van der Waals surface area (Å²) in [4.78, 5) is 15.1. The molecule has 1 aliphatic rings. The van der Waals surface area contributed by atoms with Crippen molar-refractivity contribution in [1.29, 1.82) is 0 Å². The number of benzene rings is 4. The molecule has 1 saturated heterocycles. The van der Waals surface area contributed by atoms with Gasteiger partial charge in [0.2, 0.25) is 0 Å². The first-order chi connectivity index (χ1) is 19.1. The average molecular weight is 544 g/mol. The van der Waals surface area contributed by atoms with Crippen LogP contribution in [-0.4, -0.2) is 37.2 Å². The summed E-state index contributed by atoms with van der Waals surface area (Å²) in [6.07, 6.45) is 3.94. The minimum atomic E-state index is -0.276. The smallest absolute Gasteiger partial charge is 0.319 e. The van der Waals surface area contributed by atoms with Gasteiger partial charge in [0.1, 0.15) is 24.7 Å². The first-order valence-electron chi connectivity index (χ1n) is 13.5. The van der Waals surface area contributed by atoms with Crippen molar-refractivity contribution in [3.63, 3.8) is 0 Å². The van der Waals surface area contributed by atoms with E-state index in [2.05, 4.69) is 15.5 Å². The molecule has 0 spiro atoms. The highest BCUT2D eigenvalue weighted by molar-refractivity contribution is 6.30. The highest BCUT2D eigenvalue weighted by Gasteiger charge is 2.11. The van der Waals surface area contributed by atoms with Crippen molar-refractivity contribution in [1.82, 2.24) is 10.2 Å². The number of urea groups is 1. The van der Waals surface area contributed by atoms with E-state index in [0.29, 0.717) is 24.8 Å². The van der Waals surface area contributed by atoms with Crippen LogP contribution in [0.3, 0.4) is 0 Å². The Bertz CT molecular complexity index is 1370. The third-order valence-corrected chi connectivity index (χ3v) is 7.19. The molecule has 0 radical (unpaired) electrons. The predicted molar refractivity (Wildman–Crippen MR) is 158 cm³/mol. The number of nitrogens with zero attached hydrogens (tertiary/aromatic N) is 1. The summed E-state index contributed by atoms with van der Waals surface area (Å²) in [6, 6.07) is 26.9. The first kappa shape index (κ1) is 26.9. The summed E-state index contributed by atoms with van der Waals surface area (Å²) < 4.78 is 12.1. The molecule has 0 aromatic heterocycles. The molecule has 1 heterocycles. The summed E-state index contributed by atoms with van der Waals surface area (Å²) in [5.74, 6) is 1.64. The normalized spacial score (nSPS) is 13.7. The highest BCUT2D eigenvalue weighted by atomic mass is 35.5. The number of ether oxygens (including phenoxy) is 2. The summed E-state index contributed by atoms with van der Waals surface area (Å²) in [5, 5.41) is 8.37. The molecule has 4 aromatic rings. The van der Waals surface area contributed by atoms with Crippen molar-refractivity contribution < 1.29 is 14.3 Å². The second kappa shape index (κ2) is 13.4. The van der Waals surface area contributed by atoms with Crippen molar-refractivity contribution in [2.45, 2.75) is 32.4 Å². The Kier molecular flexibility index (Phi) is 9.20. The zero-order chi connectivity index (χ0) is 26.9. The Labute approximate surface area is 234 Å². The van der Waals surface area contributed by atoms with Crippen molar-refractivity contribution in [2.24, 2.45) is 0 Å². The van der Waals surface area contributed by atoms with Gasteiger partial charge in [-0.15, -0.1) is 0 Å². The Morgan fingerprint density at radius 2 is 1.51 bits per heavy atom. The van der Waals surface area contributed by atoms with Gasteiger partial charge in [0.15, 0.2) is 0 Å². The lowest BCUT2D eigenvalue weighted by Gasteiger charge is -2.26. The van der Waals surface area contributed by atoms with Crippen molar-refractivity contribution in [3.05, 3.63) is 101 Å². The molecule has 0 unspecified atom stereocenters. The lowest BCUT2D eigenvalue weighted by molar-refractivity contribution is 0.183. The van der Waals surface area contributed by atoms with E-state index in [1.165, 1.54) is 32.4 Å². The molecule has 1 aliphatic heterocycles. The number of halogens is 1. The molecule has 2 amide bonds. The van der Waals surface area contributed by atoms with Crippen LogP contribution in [0.2, 0.25) is 5.02 Å². The molecule has 6 nitrogen and oxygen atoms in total. The third-order valence-electron chi connectivity index (χ3n) is 6.94. The molecule has 7 heteroatoms. The van der Waals surface area contributed by atoms with Crippen LogP contribution >= 0.6 is 11.6 Å². The van der Waals surface area contributed by atoms with Crippen LogP contribution in [0.4, 0.5) is 10.5 Å². The van der Waals surface area contributed by atoms with Crippen LogP contribution < -0.4 is 20.1 Å². The highest BCUT2D eigenvalue weighted by Crippen LogP contribution is 2.32. The molecule has 0 bridgehead atoms. The average Bonchev–Trinajstić information content (AvgIpc) is 2.98. The van der Waals surface area contributed by atoms with Gasteiger partial charge in [0.05, 0.1) is 5.69 Å². The molecule has 202 valence electrons. The number of rotatable bonds is 10. The molecular formula is C32H34ClN3O3. The van der Waals surface area contributed by atoms with Crippen LogP contribution in [0.5, 0.6) is 11.5 Å². The minimum Gasteiger partial charge on any atom is -0.492 e. The fourth-order valence-corrected chi connectivity index (χ4v) is 4.90. The number of piperidine rings is 1. The second-order valence-electron chi connectivity index (χ2n) is 9.77. The molecule has 5 rings (SSSR count). The van der Waals surface area contributed by atoms with Gasteiger partial charge in [-0.25, -0.2) is 4.79 Å². The van der Waals surface area contributed by atoms with Gasteiger partial charge >= 0.3 is 6.03 Å². The Hall–Kier alpha value is -3.74. The van der Waals surface area contributed by atoms with Gasteiger partial charge < -0.3 is 20.1 Å². The Balaban J connectivity index is 1.15. The molecule has 4 aromatic carbocycles. The molecule has 39 heavy (non-hydrogen) atoms.